The number of pyridine rings is 1. The summed E-state index contributed by atoms with van der Waals surface area (Å²) in [5.41, 5.74) is 3.01. The van der Waals surface area contributed by atoms with E-state index in [1.165, 1.54) is 0 Å². The normalized spacial score (nSPS) is 23.9. The molecule has 2 fully saturated rings. The fourth-order valence-electron chi connectivity index (χ4n) is 4.98. The summed E-state index contributed by atoms with van der Waals surface area (Å²) in [5.74, 6) is 2.20. The summed E-state index contributed by atoms with van der Waals surface area (Å²) in [6.45, 7) is 3.83. The molecule has 3 aliphatic rings. The molecule has 0 spiro atoms. The van der Waals surface area contributed by atoms with Crippen LogP contribution in [0.25, 0.3) is 0 Å². The van der Waals surface area contributed by atoms with Crippen LogP contribution < -0.4 is 15.0 Å². The predicted molar refractivity (Wildman–Crippen MR) is 128 cm³/mol. The zero-order valence-electron chi connectivity index (χ0n) is 18.5. The number of benzene rings is 1. The van der Waals surface area contributed by atoms with Crippen molar-refractivity contribution in [2.45, 2.75) is 38.2 Å². The maximum Gasteiger partial charge on any atom is 0.190 e. The molecule has 1 N–H and O–H groups in total. The highest BCUT2D eigenvalue weighted by Crippen LogP contribution is 2.34. The smallest absolute Gasteiger partial charge is 0.190 e. The molecule has 2 heterocycles. The third kappa shape index (κ3) is 4.75. The Hall–Kier alpha value is -2.88. The molecule has 7 heteroatoms. The number of fused-ring (bicyclic) bond motifs is 1. The van der Waals surface area contributed by atoms with Crippen molar-refractivity contribution >= 4 is 23.2 Å². The fraction of sp³-hybridized carbons (Fsp3) is 0.423. The van der Waals surface area contributed by atoms with E-state index in [1.807, 2.05) is 12.1 Å². The lowest BCUT2D eigenvalue weighted by atomic mass is 9.85. The molecule has 1 saturated carbocycles. The lowest BCUT2D eigenvalue weighted by molar-refractivity contribution is 0.103. The number of rotatable bonds is 4. The summed E-state index contributed by atoms with van der Waals surface area (Å²) in [6, 6.07) is 11.2. The van der Waals surface area contributed by atoms with E-state index in [4.69, 9.17) is 26.6 Å². The Morgan fingerprint density at radius 1 is 1.15 bits per heavy atom. The first-order valence-corrected chi connectivity index (χ1v) is 12.1. The Bertz CT molecular complexity index is 1130. The van der Waals surface area contributed by atoms with Gasteiger partial charge < -0.3 is 15.0 Å². The van der Waals surface area contributed by atoms with Gasteiger partial charge in [-0.15, -0.1) is 0 Å². The van der Waals surface area contributed by atoms with Crippen LogP contribution in [0.4, 0.5) is 5.82 Å². The highest BCUT2D eigenvalue weighted by molar-refractivity contribution is 6.31. The number of anilines is 1. The van der Waals surface area contributed by atoms with Crippen LogP contribution in [0.5, 0.6) is 5.75 Å². The molecular weight excluding hydrogens is 436 g/mol. The Kier molecular flexibility index (Phi) is 6.34. The van der Waals surface area contributed by atoms with Gasteiger partial charge in [0.1, 0.15) is 17.6 Å². The van der Waals surface area contributed by atoms with Crippen LogP contribution in [-0.4, -0.2) is 43.1 Å². The topological polar surface area (TPSA) is 78.2 Å². The minimum atomic E-state index is 0.128. The van der Waals surface area contributed by atoms with E-state index < -0.39 is 0 Å². The van der Waals surface area contributed by atoms with Crippen LogP contribution in [0.3, 0.4) is 0 Å². The van der Waals surface area contributed by atoms with Gasteiger partial charge in [-0.05, 0) is 55.9 Å². The molecule has 0 amide bonds. The van der Waals surface area contributed by atoms with Gasteiger partial charge >= 0.3 is 0 Å². The van der Waals surface area contributed by atoms with Gasteiger partial charge in [-0.3, -0.25) is 4.79 Å². The molecule has 1 aliphatic heterocycles. The number of hydrogen-bond donors (Lipinski definition) is 1. The highest BCUT2D eigenvalue weighted by atomic mass is 35.5. The number of nitrogens with zero attached hydrogens (tertiary/aromatic N) is 3. The van der Waals surface area contributed by atoms with Gasteiger partial charge in [0.05, 0.1) is 22.4 Å². The van der Waals surface area contributed by atoms with Crippen molar-refractivity contribution in [1.29, 1.82) is 5.26 Å². The first-order valence-electron chi connectivity index (χ1n) is 11.7. The van der Waals surface area contributed by atoms with Gasteiger partial charge in [-0.25, -0.2) is 4.98 Å². The van der Waals surface area contributed by atoms with E-state index >= 15 is 0 Å². The number of aromatic nitrogens is 1. The van der Waals surface area contributed by atoms with Gasteiger partial charge in [-0.1, -0.05) is 17.7 Å². The molecule has 0 unspecified atom stereocenters. The predicted octanol–water partition coefficient (Wildman–Crippen LogP) is 4.32. The zero-order chi connectivity index (χ0) is 22.8. The number of hydrogen-bond acceptors (Lipinski definition) is 6. The average Bonchev–Trinajstić information content (AvgIpc) is 3.15. The van der Waals surface area contributed by atoms with Crippen molar-refractivity contribution < 1.29 is 9.53 Å². The average molecular weight is 463 g/mol. The Morgan fingerprint density at radius 2 is 1.94 bits per heavy atom. The second-order valence-electron chi connectivity index (χ2n) is 9.01. The summed E-state index contributed by atoms with van der Waals surface area (Å²) in [4.78, 5) is 20.1. The Labute approximate surface area is 199 Å². The number of ketones is 1. The third-order valence-electron chi connectivity index (χ3n) is 6.81. The number of allylic oxidation sites excluding steroid dienone is 2. The SMILES string of the molecule is N#Cc1ccc(OC2CCC(/C=C3\Cc4nc(N5CCNCC5)ccc4C3=O)CC2)cc1Cl. The van der Waals surface area contributed by atoms with Crippen LogP contribution in [0.15, 0.2) is 42.0 Å². The lowest BCUT2D eigenvalue weighted by Gasteiger charge is -2.28. The van der Waals surface area contributed by atoms with E-state index in [2.05, 4.69) is 22.4 Å². The number of halogens is 1. The molecule has 0 atom stereocenters. The highest BCUT2D eigenvalue weighted by Gasteiger charge is 2.29. The van der Waals surface area contributed by atoms with E-state index in [-0.39, 0.29) is 11.9 Å². The molecule has 33 heavy (non-hydrogen) atoms. The summed E-state index contributed by atoms with van der Waals surface area (Å²) in [6.07, 6.45) is 6.78. The van der Waals surface area contributed by atoms with E-state index in [1.54, 1.807) is 18.2 Å². The van der Waals surface area contributed by atoms with Crippen molar-refractivity contribution in [2.24, 2.45) is 5.92 Å². The molecular formula is C26H27ClN4O2. The van der Waals surface area contributed by atoms with Gasteiger partial charge in [0.2, 0.25) is 0 Å². The summed E-state index contributed by atoms with van der Waals surface area (Å²) >= 11 is 6.12. The Morgan fingerprint density at radius 3 is 2.67 bits per heavy atom. The first kappa shape index (κ1) is 21.9. The van der Waals surface area contributed by atoms with Crippen LogP contribution in [0.1, 0.15) is 47.3 Å². The van der Waals surface area contributed by atoms with Crippen LogP contribution in [-0.2, 0) is 6.42 Å². The number of carbonyl (C=O) groups is 1. The van der Waals surface area contributed by atoms with Gasteiger partial charge in [0, 0.05) is 49.8 Å². The first-order chi connectivity index (χ1) is 16.1. The maximum absolute atomic E-state index is 13.0. The molecule has 1 aromatic heterocycles. The maximum atomic E-state index is 13.0. The van der Waals surface area contributed by atoms with Crippen molar-refractivity contribution in [3.8, 4) is 11.8 Å². The zero-order valence-corrected chi connectivity index (χ0v) is 19.3. The number of piperazine rings is 1. The summed E-state index contributed by atoms with van der Waals surface area (Å²) in [7, 11) is 0. The quantitative estimate of drug-likeness (QED) is 0.682. The molecule has 1 aromatic carbocycles. The number of Topliss-reactive ketones (excluding diaryl/α,β-unsaturated/α-hetero) is 1. The van der Waals surface area contributed by atoms with Crippen molar-refractivity contribution in [1.82, 2.24) is 10.3 Å². The number of carbonyl (C=O) groups excluding carboxylic acids is 1. The summed E-state index contributed by atoms with van der Waals surface area (Å²) < 4.78 is 6.10. The Balaban J connectivity index is 1.19. The molecule has 170 valence electrons. The van der Waals surface area contributed by atoms with Crippen molar-refractivity contribution in [3.05, 3.63) is 63.8 Å². The fourth-order valence-corrected chi connectivity index (χ4v) is 5.19. The monoisotopic (exact) mass is 462 g/mol. The largest absolute Gasteiger partial charge is 0.490 e. The molecule has 2 aromatic rings. The van der Waals surface area contributed by atoms with Crippen LogP contribution in [0, 0.1) is 17.2 Å². The second kappa shape index (κ2) is 9.54. The van der Waals surface area contributed by atoms with Crippen LogP contribution in [0.2, 0.25) is 5.02 Å². The van der Waals surface area contributed by atoms with E-state index in [0.29, 0.717) is 28.7 Å². The van der Waals surface area contributed by atoms with E-state index in [0.717, 1.165) is 74.5 Å². The van der Waals surface area contributed by atoms with Gasteiger partial charge in [0.25, 0.3) is 0 Å². The van der Waals surface area contributed by atoms with Gasteiger partial charge in [-0.2, -0.15) is 5.26 Å². The lowest BCUT2D eigenvalue weighted by Crippen LogP contribution is -2.43. The molecule has 6 nitrogen and oxygen atoms in total. The third-order valence-corrected chi connectivity index (χ3v) is 7.13. The molecule has 0 bridgehead atoms. The number of nitrogens with one attached hydrogen (secondary N) is 1. The van der Waals surface area contributed by atoms with Crippen molar-refractivity contribution in [2.75, 3.05) is 31.1 Å². The number of ether oxygens (including phenoxy) is 1. The number of nitriles is 1. The van der Waals surface area contributed by atoms with Crippen molar-refractivity contribution in [3.63, 3.8) is 0 Å². The van der Waals surface area contributed by atoms with Crippen LogP contribution >= 0.6 is 11.6 Å². The minimum absolute atomic E-state index is 0.128. The summed E-state index contributed by atoms with van der Waals surface area (Å²) in [5, 5.41) is 12.8. The standard InChI is InChI=1S/C26H27ClN4O2/c27-23-15-21(6-3-18(23)16-28)33-20-4-1-17(2-5-20)13-19-14-24-22(26(19)32)7-8-25(30-24)31-11-9-29-10-12-31/h3,6-8,13,15,17,20,29H,1-2,4-5,9-12,14H2/b19-13+. The molecule has 1 saturated heterocycles. The second-order valence-corrected chi connectivity index (χ2v) is 9.41. The van der Waals surface area contributed by atoms with E-state index in [9.17, 15) is 4.79 Å². The molecule has 0 radical (unpaired) electrons. The molecule has 5 rings (SSSR count). The minimum Gasteiger partial charge on any atom is -0.490 e. The molecule has 2 aliphatic carbocycles. The van der Waals surface area contributed by atoms with Gasteiger partial charge in [0.15, 0.2) is 5.78 Å².